The van der Waals surface area contributed by atoms with Crippen molar-refractivity contribution in [3.8, 4) is 0 Å². The van der Waals surface area contributed by atoms with Gasteiger partial charge in [-0.15, -0.1) is 0 Å². The number of benzene rings is 1. The van der Waals surface area contributed by atoms with E-state index in [1.165, 1.54) is 24.3 Å². The van der Waals surface area contributed by atoms with Crippen LogP contribution in [0.3, 0.4) is 0 Å². The second kappa shape index (κ2) is 5.75. The summed E-state index contributed by atoms with van der Waals surface area (Å²) in [6.45, 7) is 0. The van der Waals surface area contributed by atoms with Crippen LogP contribution in [0.4, 0.5) is 5.69 Å². The molecule has 2 rings (SSSR count). The number of aromatic carboxylic acids is 1. The van der Waals surface area contributed by atoms with E-state index in [1.807, 2.05) is 0 Å². The fourth-order valence-corrected chi connectivity index (χ4v) is 1.95. The Balaban J connectivity index is 2.27. The van der Waals surface area contributed by atoms with E-state index in [4.69, 9.17) is 39.9 Å². The monoisotopic (exact) mass is 332 g/mol. The van der Waals surface area contributed by atoms with E-state index in [9.17, 15) is 9.59 Å². The Labute approximate surface area is 128 Å². The topological polar surface area (TPSA) is 82.2 Å². The van der Waals surface area contributed by atoms with E-state index in [1.54, 1.807) is 0 Å². The number of carbonyl (C=O) groups excluding carboxylic acids is 1. The molecule has 0 saturated carbocycles. The Morgan fingerprint density at radius 1 is 1.10 bits per heavy atom. The number of rotatable bonds is 3. The average molecular weight is 334 g/mol. The number of hydrogen-bond donors (Lipinski definition) is 3. The minimum atomic E-state index is -1.12. The number of halogens is 3. The molecule has 2 aromatic rings. The number of carbonyl (C=O) groups is 2. The van der Waals surface area contributed by atoms with E-state index >= 15 is 0 Å². The minimum absolute atomic E-state index is 0.00671. The molecular formula is C12H7Cl3N2O3. The van der Waals surface area contributed by atoms with Gasteiger partial charge in [-0.25, -0.2) is 4.79 Å². The van der Waals surface area contributed by atoms with Crippen molar-refractivity contribution in [3.05, 3.63) is 50.7 Å². The first-order chi connectivity index (χ1) is 9.38. The lowest BCUT2D eigenvalue weighted by molar-refractivity contribution is 0.0696. The molecular weight excluding hydrogens is 327 g/mol. The maximum absolute atomic E-state index is 11.9. The van der Waals surface area contributed by atoms with Gasteiger partial charge in [0.15, 0.2) is 0 Å². The van der Waals surface area contributed by atoms with Gasteiger partial charge in [-0.1, -0.05) is 34.8 Å². The fraction of sp³-hybridized carbons (Fsp3) is 0. The summed E-state index contributed by atoms with van der Waals surface area (Å²) in [5.41, 5.74) is 0.322. The third-order valence-corrected chi connectivity index (χ3v) is 3.45. The number of hydrogen-bond acceptors (Lipinski definition) is 2. The molecule has 1 heterocycles. The Morgan fingerprint density at radius 2 is 1.80 bits per heavy atom. The zero-order valence-corrected chi connectivity index (χ0v) is 12.0. The molecule has 3 N–H and O–H groups in total. The number of aromatic amines is 1. The van der Waals surface area contributed by atoms with Gasteiger partial charge in [-0.2, -0.15) is 0 Å². The molecule has 20 heavy (non-hydrogen) atoms. The molecule has 0 aliphatic rings. The van der Waals surface area contributed by atoms with E-state index in [2.05, 4.69) is 10.3 Å². The Kier molecular flexibility index (Phi) is 4.23. The summed E-state index contributed by atoms with van der Waals surface area (Å²) in [5, 5.41) is 11.9. The SMILES string of the molecule is O=C(O)c1ccc(Cl)c(NC(=O)c2cc(Cl)c(Cl)[nH]2)c1. The molecule has 0 saturated heterocycles. The van der Waals surface area contributed by atoms with Crippen LogP contribution >= 0.6 is 34.8 Å². The maximum Gasteiger partial charge on any atom is 0.335 e. The van der Waals surface area contributed by atoms with Gasteiger partial charge in [-0.3, -0.25) is 4.79 Å². The molecule has 1 aromatic heterocycles. The molecule has 5 nitrogen and oxygen atoms in total. The Bertz CT molecular complexity index is 678. The van der Waals surface area contributed by atoms with Crippen LogP contribution in [0.1, 0.15) is 20.8 Å². The summed E-state index contributed by atoms with van der Waals surface area (Å²) in [7, 11) is 0. The summed E-state index contributed by atoms with van der Waals surface area (Å²) in [5.74, 6) is -1.66. The first-order valence-electron chi connectivity index (χ1n) is 5.26. The van der Waals surface area contributed by atoms with Crippen molar-refractivity contribution in [1.82, 2.24) is 4.98 Å². The van der Waals surface area contributed by atoms with Gasteiger partial charge in [0.05, 0.1) is 21.3 Å². The van der Waals surface area contributed by atoms with Gasteiger partial charge in [0, 0.05) is 0 Å². The van der Waals surface area contributed by atoms with Gasteiger partial charge < -0.3 is 15.4 Å². The molecule has 0 spiro atoms. The molecule has 0 fully saturated rings. The number of carboxylic acid groups (broad SMARTS) is 1. The number of carboxylic acids is 1. The summed E-state index contributed by atoms with van der Waals surface area (Å²) >= 11 is 17.3. The minimum Gasteiger partial charge on any atom is -0.478 e. The number of aromatic nitrogens is 1. The molecule has 0 bridgehead atoms. The second-order valence-electron chi connectivity index (χ2n) is 3.80. The van der Waals surface area contributed by atoms with Crippen LogP contribution in [0.5, 0.6) is 0 Å². The quantitative estimate of drug-likeness (QED) is 0.796. The highest BCUT2D eigenvalue weighted by Gasteiger charge is 2.14. The third kappa shape index (κ3) is 3.07. The van der Waals surface area contributed by atoms with Crippen LogP contribution in [0, 0.1) is 0 Å². The van der Waals surface area contributed by atoms with Gasteiger partial charge >= 0.3 is 5.97 Å². The standard InChI is InChI=1S/C12H7Cl3N2O3/c13-6-2-1-5(12(19)20)3-8(6)17-11(18)9-4-7(14)10(15)16-9/h1-4,16H,(H,17,18)(H,19,20). The summed E-state index contributed by atoms with van der Waals surface area (Å²) in [6.07, 6.45) is 0. The summed E-state index contributed by atoms with van der Waals surface area (Å²) < 4.78 is 0. The van der Waals surface area contributed by atoms with Crippen LogP contribution < -0.4 is 5.32 Å². The smallest absolute Gasteiger partial charge is 0.335 e. The number of anilines is 1. The molecule has 0 atom stereocenters. The van der Waals surface area contributed by atoms with Gasteiger partial charge in [0.1, 0.15) is 10.8 Å². The lowest BCUT2D eigenvalue weighted by Crippen LogP contribution is -2.13. The van der Waals surface area contributed by atoms with Crippen LogP contribution in [0.25, 0.3) is 0 Å². The summed E-state index contributed by atoms with van der Waals surface area (Å²) in [4.78, 5) is 25.4. The first-order valence-corrected chi connectivity index (χ1v) is 6.40. The van der Waals surface area contributed by atoms with Crippen LogP contribution in [0.2, 0.25) is 15.2 Å². The largest absolute Gasteiger partial charge is 0.478 e. The van der Waals surface area contributed by atoms with Gasteiger partial charge in [0.2, 0.25) is 0 Å². The molecule has 0 aliphatic carbocycles. The Morgan fingerprint density at radius 3 is 2.35 bits per heavy atom. The van der Waals surface area contributed by atoms with E-state index in [0.29, 0.717) is 0 Å². The average Bonchev–Trinajstić information content (AvgIpc) is 2.72. The lowest BCUT2D eigenvalue weighted by atomic mass is 10.2. The second-order valence-corrected chi connectivity index (χ2v) is 4.99. The molecule has 104 valence electrons. The maximum atomic E-state index is 11.9. The van der Waals surface area contributed by atoms with E-state index in [0.717, 1.165) is 0 Å². The number of amides is 1. The Hall–Kier alpha value is -1.69. The molecule has 0 unspecified atom stereocenters. The number of nitrogens with one attached hydrogen (secondary N) is 2. The van der Waals surface area contributed by atoms with Crippen molar-refractivity contribution < 1.29 is 14.7 Å². The predicted molar refractivity (Wildman–Crippen MR) is 77.2 cm³/mol. The van der Waals surface area contributed by atoms with Crippen molar-refractivity contribution >= 4 is 52.4 Å². The van der Waals surface area contributed by atoms with Gasteiger partial charge in [0.25, 0.3) is 5.91 Å². The van der Waals surface area contributed by atoms with Crippen molar-refractivity contribution in [1.29, 1.82) is 0 Å². The predicted octanol–water partition coefficient (Wildman–Crippen LogP) is 3.93. The molecule has 0 radical (unpaired) electrons. The molecule has 8 heteroatoms. The molecule has 1 amide bonds. The highest BCUT2D eigenvalue weighted by molar-refractivity contribution is 6.41. The molecule has 1 aromatic carbocycles. The fourth-order valence-electron chi connectivity index (χ4n) is 1.47. The third-order valence-electron chi connectivity index (χ3n) is 2.43. The van der Waals surface area contributed by atoms with Crippen molar-refractivity contribution in [3.63, 3.8) is 0 Å². The van der Waals surface area contributed by atoms with E-state index in [-0.39, 0.29) is 32.1 Å². The lowest BCUT2D eigenvalue weighted by Gasteiger charge is -2.07. The molecule has 0 aliphatic heterocycles. The zero-order valence-electron chi connectivity index (χ0n) is 9.71. The summed E-state index contributed by atoms with van der Waals surface area (Å²) in [6, 6.07) is 5.33. The van der Waals surface area contributed by atoms with Crippen LogP contribution in [-0.4, -0.2) is 22.0 Å². The zero-order chi connectivity index (χ0) is 14.9. The van der Waals surface area contributed by atoms with Crippen LogP contribution in [0.15, 0.2) is 24.3 Å². The van der Waals surface area contributed by atoms with E-state index < -0.39 is 11.9 Å². The normalized spacial score (nSPS) is 10.3. The van der Waals surface area contributed by atoms with Crippen molar-refractivity contribution in [2.24, 2.45) is 0 Å². The number of H-pyrrole nitrogens is 1. The van der Waals surface area contributed by atoms with Crippen molar-refractivity contribution in [2.45, 2.75) is 0 Å². The highest BCUT2D eigenvalue weighted by atomic mass is 35.5. The van der Waals surface area contributed by atoms with Crippen molar-refractivity contribution in [2.75, 3.05) is 5.32 Å². The highest BCUT2D eigenvalue weighted by Crippen LogP contribution is 2.25. The van der Waals surface area contributed by atoms with Crippen LogP contribution in [-0.2, 0) is 0 Å². The first kappa shape index (κ1) is 14.7. The van der Waals surface area contributed by atoms with Gasteiger partial charge in [-0.05, 0) is 24.3 Å².